The second kappa shape index (κ2) is 5.49. The van der Waals surface area contributed by atoms with Gasteiger partial charge < -0.3 is 10.5 Å². The molecule has 4 heteroatoms. The van der Waals surface area contributed by atoms with Crippen molar-refractivity contribution >= 4 is 5.82 Å². The third kappa shape index (κ3) is 2.42. The van der Waals surface area contributed by atoms with Gasteiger partial charge >= 0.3 is 0 Å². The molecule has 2 aromatic rings. The minimum Gasteiger partial charge on any atom is -0.497 e. The van der Waals surface area contributed by atoms with Crippen molar-refractivity contribution in [3.63, 3.8) is 0 Å². The van der Waals surface area contributed by atoms with Crippen molar-refractivity contribution in [1.82, 2.24) is 9.97 Å². The van der Waals surface area contributed by atoms with Crippen LogP contribution in [0.15, 0.2) is 30.6 Å². The minimum absolute atomic E-state index is 0.567. The molecule has 18 heavy (non-hydrogen) atoms. The SMILES string of the molecule is CCCc1c(N)ncnc1-c1ccc(OC)cc1. The zero-order valence-corrected chi connectivity index (χ0v) is 10.7. The number of nitrogen functional groups attached to an aromatic ring is 1. The first kappa shape index (κ1) is 12.4. The summed E-state index contributed by atoms with van der Waals surface area (Å²) in [6.45, 7) is 2.12. The fourth-order valence-electron chi connectivity index (χ4n) is 1.92. The summed E-state index contributed by atoms with van der Waals surface area (Å²) in [5.74, 6) is 1.40. The van der Waals surface area contributed by atoms with E-state index in [4.69, 9.17) is 10.5 Å². The molecule has 2 rings (SSSR count). The van der Waals surface area contributed by atoms with E-state index in [1.807, 2.05) is 24.3 Å². The van der Waals surface area contributed by atoms with Gasteiger partial charge in [0.05, 0.1) is 12.8 Å². The molecule has 1 aromatic heterocycles. The van der Waals surface area contributed by atoms with Crippen LogP contribution in [0.4, 0.5) is 5.82 Å². The Hall–Kier alpha value is -2.10. The van der Waals surface area contributed by atoms with Crippen LogP contribution >= 0.6 is 0 Å². The number of methoxy groups -OCH3 is 1. The van der Waals surface area contributed by atoms with E-state index in [1.54, 1.807) is 7.11 Å². The van der Waals surface area contributed by atoms with E-state index in [0.29, 0.717) is 5.82 Å². The van der Waals surface area contributed by atoms with Crippen molar-refractivity contribution in [2.24, 2.45) is 0 Å². The van der Waals surface area contributed by atoms with Crippen LogP contribution in [0.3, 0.4) is 0 Å². The van der Waals surface area contributed by atoms with Crippen molar-refractivity contribution < 1.29 is 4.74 Å². The molecule has 0 bridgehead atoms. The van der Waals surface area contributed by atoms with E-state index >= 15 is 0 Å². The first-order chi connectivity index (χ1) is 8.76. The highest BCUT2D eigenvalue weighted by Crippen LogP contribution is 2.26. The van der Waals surface area contributed by atoms with E-state index in [1.165, 1.54) is 6.33 Å². The average Bonchev–Trinajstić information content (AvgIpc) is 2.41. The number of anilines is 1. The maximum atomic E-state index is 5.93. The van der Waals surface area contributed by atoms with Crippen LogP contribution in [0.2, 0.25) is 0 Å². The molecule has 94 valence electrons. The molecule has 0 atom stereocenters. The zero-order valence-electron chi connectivity index (χ0n) is 10.7. The predicted molar refractivity (Wildman–Crippen MR) is 72.4 cm³/mol. The molecular weight excluding hydrogens is 226 g/mol. The number of ether oxygens (including phenoxy) is 1. The van der Waals surface area contributed by atoms with Crippen LogP contribution in [0, 0.1) is 0 Å². The zero-order chi connectivity index (χ0) is 13.0. The molecule has 0 saturated carbocycles. The molecule has 0 radical (unpaired) electrons. The molecule has 0 aliphatic heterocycles. The third-order valence-corrected chi connectivity index (χ3v) is 2.84. The van der Waals surface area contributed by atoms with Gasteiger partial charge in [0.2, 0.25) is 0 Å². The number of nitrogens with two attached hydrogens (primary N) is 1. The number of hydrogen-bond donors (Lipinski definition) is 1. The number of nitrogens with zero attached hydrogens (tertiary/aromatic N) is 2. The Balaban J connectivity index is 2.45. The molecule has 0 unspecified atom stereocenters. The highest BCUT2D eigenvalue weighted by Gasteiger charge is 2.10. The first-order valence-corrected chi connectivity index (χ1v) is 6.00. The molecular formula is C14H17N3O. The summed E-state index contributed by atoms with van der Waals surface area (Å²) < 4.78 is 5.15. The van der Waals surface area contributed by atoms with Crippen LogP contribution < -0.4 is 10.5 Å². The second-order valence-corrected chi connectivity index (χ2v) is 4.06. The second-order valence-electron chi connectivity index (χ2n) is 4.06. The Labute approximate surface area is 107 Å². The van der Waals surface area contributed by atoms with Gasteiger partial charge in [-0.1, -0.05) is 13.3 Å². The summed E-state index contributed by atoms with van der Waals surface area (Å²) in [6, 6.07) is 7.81. The van der Waals surface area contributed by atoms with Gasteiger partial charge in [0.1, 0.15) is 17.9 Å². The predicted octanol–water partition coefficient (Wildman–Crippen LogP) is 2.69. The number of hydrogen-bond acceptors (Lipinski definition) is 4. The molecule has 1 aromatic carbocycles. The number of aromatic nitrogens is 2. The van der Waals surface area contributed by atoms with Crippen LogP contribution in [-0.2, 0) is 6.42 Å². The van der Waals surface area contributed by atoms with E-state index in [0.717, 1.165) is 35.4 Å². The van der Waals surface area contributed by atoms with Gasteiger partial charge in [-0.25, -0.2) is 9.97 Å². The van der Waals surface area contributed by atoms with Crippen molar-refractivity contribution in [3.8, 4) is 17.0 Å². The van der Waals surface area contributed by atoms with Gasteiger partial charge in [-0.05, 0) is 30.7 Å². The van der Waals surface area contributed by atoms with E-state index in [9.17, 15) is 0 Å². The number of benzene rings is 1. The summed E-state index contributed by atoms with van der Waals surface area (Å²) in [5, 5.41) is 0. The lowest BCUT2D eigenvalue weighted by atomic mass is 10.0. The van der Waals surface area contributed by atoms with Crippen molar-refractivity contribution in [2.45, 2.75) is 19.8 Å². The standard InChI is InChI=1S/C14H17N3O/c1-3-4-12-13(16-9-17-14(12)15)10-5-7-11(18-2)8-6-10/h5-9H,3-4H2,1-2H3,(H2,15,16,17). The number of rotatable bonds is 4. The van der Waals surface area contributed by atoms with Crippen molar-refractivity contribution in [1.29, 1.82) is 0 Å². The Morgan fingerprint density at radius 3 is 2.50 bits per heavy atom. The Bertz CT molecular complexity index is 523. The van der Waals surface area contributed by atoms with Gasteiger partial charge in [0.15, 0.2) is 0 Å². The van der Waals surface area contributed by atoms with Crippen LogP contribution in [-0.4, -0.2) is 17.1 Å². The molecule has 4 nitrogen and oxygen atoms in total. The maximum Gasteiger partial charge on any atom is 0.130 e. The Kier molecular flexibility index (Phi) is 3.77. The van der Waals surface area contributed by atoms with Gasteiger partial charge in [-0.2, -0.15) is 0 Å². The van der Waals surface area contributed by atoms with Gasteiger partial charge in [-0.3, -0.25) is 0 Å². The minimum atomic E-state index is 0.567. The molecule has 0 aliphatic carbocycles. The topological polar surface area (TPSA) is 61.0 Å². The normalized spacial score (nSPS) is 10.3. The summed E-state index contributed by atoms with van der Waals surface area (Å²) in [7, 11) is 1.65. The van der Waals surface area contributed by atoms with E-state index < -0.39 is 0 Å². The highest BCUT2D eigenvalue weighted by atomic mass is 16.5. The molecule has 0 spiro atoms. The van der Waals surface area contributed by atoms with Gasteiger partial charge in [0.25, 0.3) is 0 Å². The molecule has 0 fully saturated rings. The van der Waals surface area contributed by atoms with Crippen molar-refractivity contribution in [3.05, 3.63) is 36.2 Å². The quantitative estimate of drug-likeness (QED) is 0.896. The summed E-state index contributed by atoms with van der Waals surface area (Å²) >= 11 is 0. The van der Waals surface area contributed by atoms with Crippen LogP contribution in [0.25, 0.3) is 11.3 Å². The maximum absolute atomic E-state index is 5.93. The Morgan fingerprint density at radius 1 is 1.17 bits per heavy atom. The highest BCUT2D eigenvalue weighted by molar-refractivity contribution is 5.67. The molecule has 0 saturated heterocycles. The monoisotopic (exact) mass is 243 g/mol. The van der Waals surface area contributed by atoms with Gasteiger partial charge in [-0.15, -0.1) is 0 Å². The average molecular weight is 243 g/mol. The Morgan fingerprint density at radius 2 is 1.89 bits per heavy atom. The lowest BCUT2D eigenvalue weighted by molar-refractivity contribution is 0.415. The summed E-state index contributed by atoms with van der Waals surface area (Å²) in [6.07, 6.45) is 3.41. The first-order valence-electron chi connectivity index (χ1n) is 6.00. The molecule has 0 amide bonds. The smallest absolute Gasteiger partial charge is 0.130 e. The summed E-state index contributed by atoms with van der Waals surface area (Å²) in [5.41, 5.74) is 8.89. The lowest BCUT2D eigenvalue weighted by Gasteiger charge is -2.10. The fourth-order valence-corrected chi connectivity index (χ4v) is 1.92. The lowest BCUT2D eigenvalue weighted by Crippen LogP contribution is -2.02. The molecule has 2 N–H and O–H groups in total. The van der Waals surface area contributed by atoms with Crippen LogP contribution in [0.1, 0.15) is 18.9 Å². The molecule has 1 heterocycles. The summed E-state index contributed by atoms with van der Waals surface area (Å²) in [4.78, 5) is 8.41. The van der Waals surface area contributed by atoms with Crippen molar-refractivity contribution in [2.75, 3.05) is 12.8 Å². The third-order valence-electron chi connectivity index (χ3n) is 2.84. The van der Waals surface area contributed by atoms with Gasteiger partial charge in [0, 0.05) is 11.1 Å². The fraction of sp³-hybridized carbons (Fsp3) is 0.286. The molecule has 0 aliphatic rings. The van der Waals surface area contributed by atoms with E-state index in [-0.39, 0.29) is 0 Å². The largest absolute Gasteiger partial charge is 0.497 e. The van der Waals surface area contributed by atoms with E-state index in [2.05, 4.69) is 16.9 Å². The van der Waals surface area contributed by atoms with Crippen LogP contribution in [0.5, 0.6) is 5.75 Å².